The Bertz CT molecular complexity index is 945. The number of nitrogens with zero attached hydrogens (tertiary/aromatic N) is 2. The third kappa shape index (κ3) is 3.51. The smallest absolute Gasteiger partial charge is 0.259 e. The summed E-state index contributed by atoms with van der Waals surface area (Å²) in [7, 11) is 0. The molecule has 26 heavy (non-hydrogen) atoms. The number of carbonyl (C=O) groups is 2. The number of amides is 1. The molecule has 0 fully saturated rings. The van der Waals surface area contributed by atoms with Gasteiger partial charge in [0.1, 0.15) is 12.0 Å². The van der Waals surface area contributed by atoms with E-state index in [9.17, 15) is 9.59 Å². The molecule has 1 amide bonds. The van der Waals surface area contributed by atoms with Crippen molar-refractivity contribution in [1.29, 1.82) is 0 Å². The minimum Gasteiger partial charge on any atom is -0.444 e. The number of aromatic nitrogens is 2. The Balaban J connectivity index is 2.07. The highest BCUT2D eigenvalue weighted by molar-refractivity contribution is 7.17. The van der Waals surface area contributed by atoms with Crippen molar-refractivity contribution in [1.82, 2.24) is 9.36 Å². The van der Waals surface area contributed by atoms with Gasteiger partial charge in [0.05, 0.1) is 21.5 Å². The van der Waals surface area contributed by atoms with Crippen LogP contribution in [0, 0.1) is 6.92 Å². The number of ether oxygens (including phenoxy) is 1. The van der Waals surface area contributed by atoms with Crippen LogP contribution in [0.2, 0.25) is 0 Å². The summed E-state index contributed by atoms with van der Waals surface area (Å²) in [4.78, 5) is 28.1. The number of aldehydes is 1. The van der Waals surface area contributed by atoms with E-state index in [2.05, 4.69) is 9.36 Å². The molecular formula is C18H17N3O3S2. The lowest BCUT2D eigenvalue weighted by Gasteiger charge is -2.08. The highest BCUT2D eigenvalue weighted by Crippen LogP contribution is 2.47. The van der Waals surface area contributed by atoms with E-state index < -0.39 is 5.91 Å². The summed E-state index contributed by atoms with van der Waals surface area (Å²) in [6, 6.07) is 3.50. The second kappa shape index (κ2) is 7.76. The van der Waals surface area contributed by atoms with Gasteiger partial charge in [0.25, 0.3) is 5.91 Å². The summed E-state index contributed by atoms with van der Waals surface area (Å²) < 4.78 is 10.3. The number of thiophene rings is 1. The van der Waals surface area contributed by atoms with Crippen molar-refractivity contribution in [2.45, 2.75) is 26.7 Å². The summed E-state index contributed by atoms with van der Waals surface area (Å²) in [5, 5.41) is 0.591. The number of nitrogens with two attached hydrogens (primary N) is 1. The first-order chi connectivity index (χ1) is 12.5. The van der Waals surface area contributed by atoms with Gasteiger partial charge >= 0.3 is 0 Å². The van der Waals surface area contributed by atoms with Crippen molar-refractivity contribution < 1.29 is 14.3 Å². The van der Waals surface area contributed by atoms with Crippen LogP contribution >= 0.6 is 22.9 Å². The predicted octanol–water partition coefficient (Wildman–Crippen LogP) is 3.77. The molecule has 2 N–H and O–H groups in total. The molecular weight excluding hydrogens is 370 g/mol. The van der Waals surface area contributed by atoms with E-state index in [-0.39, 0.29) is 6.42 Å². The SMILES string of the molecule is CCc1c(C(N)=O)sc(Oc2ccc(CC=O)nc2)c1-c1sncc1C. The average molecular weight is 387 g/mol. The fourth-order valence-electron chi connectivity index (χ4n) is 2.60. The van der Waals surface area contributed by atoms with Gasteiger partial charge in [0, 0.05) is 18.3 Å². The maximum Gasteiger partial charge on any atom is 0.259 e. The molecule has 0 bridgehead atoms. The largest absolute Gasteiger partial charge is 0.444 e. The topological polar surface area (TPSA) is 95.2 Å². The van der Waals surface area contributed by atoms with Crippen LogP contribution in [0.1, 0.15) is 33.4 Å². The van der Waals surface area contributed by atoms with Crippen molar-refractivity contribution in [2.24, 2.45) is 5.73 Å². The minimum absolute atomic E-state index is 0.260. The zero-order valence-corrected chi connectivity index (χ0v) is 15.9. The average Bonchev–Trinajstić information content (AvgIpc) is 3.19. The van der Waals surface area contributed by atoms with Crippen LogP contribution in [-0.4, -0.2) is 21.6 Å². The van der Waals surface area contributed by atoms with E-state index in [0.717, 1.165) is 27.9 Å². The number of aryl methyl sites for hydroxylation is 1. The van der Waals surface area contributed by atoms with Crippen molar-refractivity contribution in [3.05, 3.63) is 46.2 Å². The maximum absolute atomic E-state index is 11.9. The Hall–Kier alpha value is -2.58. The van der Waals surface area contributed by atoms with Crippen molar-refractivity contribution >= 4 is 35.1 Å². The first kappa shape index (κ1) is 18.2. The molecule has 0 saturated heterocycles. The molecule has 3 rings (SSSR count). The molecule has 0 radical (unpaired) electrons. The van der Waals surface area contributed by atoms with E-state index in [1.807, 2.05) is 13.8 Å². The van der Waals surface area contributed by atoms with Gasteiger partial charge in [-0.25, -0.2) is 4.37 Å². The lowest BCUT2D eigenvalue weighted by Crippen LogP contribution is -2.11. The van der Waals surface area contributed by atoms with Gasteiger partial charge in [-0.05, 0) is 48.1 Å². The molecule has 3 aromatic heterocycles. The number of hydrogen-bond donors (Lipinski definition) is 1. The van der Waals surface area contributed by atoms with Gasteiger partial charge in [-0.2, -0.15) is 0 Å². The van der Waals surface area contributed by atoms with Gasteiger partial charge in [-0.1, -0.05) is 18.3 Å². The fourth-order valence-corrected chi connectivity index (χ4v) is 4.60. The lowest BCUT2D eigenvalue weighted by atomic mass is 10.0. The number of hydrogen-bond acceptors (Lipinski definition) is 7. The van der Waals surface area contributed by atoms with Crippen LogP contribution in [0.15, 0.2) is 24.5 Å². The molecule has 0 saturated carbocycles. The highest BCUT2D eigenvalue weighted by Gasteiger charge is 2.25. The van der Waals surface area contributed by atoms with Crippen LogP contribution in [-0.2, 0) is 17.6 Å². The van der Waals surface area contributed by atoms with Crippen LogP contribution in [0.4, 0.5) is 0 Å². The first-order valence-corrected chi connectivity index (χ1v) is 9.57. The van der Waals surface area contributed by atoms with Crippen molar-refractivity contribution in [3.63, 3.8) is 0 Å². The zero-order valence-electron chi connectivity index (χ0n) is 14.3. The van der Waals surface area contributed by atoms with Gasteiger partial charge in [-0.15, -0.1) is 0 Å². The second-order valence-corrected chi connectivity index (χ2v) is 7.37. The molecule has 8 heteroatoms. The lowest BCUT2D eigenvalue weighted by molar-refractivity contribution is -0.107. The van der Waals surface area contributed by atoms with E-state index in [4.69, 9.17) is 10.5 Å². The summed E-state index contributed by atoms with van der Waals surface area (Å²) in [5.74, 6) is 0.0626. The molecule has 0 aromatic carbocycles. The molecule has 3 heterocycles. The number of carbonyl (C=O) groups excluding carboxylic acids is 2. The second-order valence-electron chi connectivity index (χ2n) is 5.59. The summed E-state index contributed by atoms with van der Waals surface area (Å²) in [6.07, 6.45) is 5.08. The summed E-state index contributed by atoms with van der Waals surface area (Å²) >= 11 is 2.59. The third-order valence-electron chi connectivity index (χ3n) is 3.83. The molecule has 134 valence electrons. The first-order valence-electron chi connectivity index (χ1n) is 7.98. The molecule has 3 aromatic rings. The number of rotatable bonds is 7. The van der Waals surface area contributed by atoms with E-state index >= 15 is 0 Å². The van der Waals surface area contributed by atoms with Crippen LogP contribution in [0.3, 0.4) is 0 Å². The maximum atomic E-state index is 11.9. The molecule has 0 aliphatic rings. The quantitative estimate of drug-likeness (QED) is 0.623. The standard InChI is InChI=1S/C18H17N3O3S2/c1-3-13-14(15-10(2)8-21-26-15)18(25-16(13)17(19)23)24-12-5-4-11(6-7-22)20-9-12/h4-5,7-9H,3,6H2,1-2H3,(H2,19,23). The molecule has 6 nitrogen and oxygen atoms in total. The van der Waals surface area contributed by atoms with Gasteiger partial charge in [0.15, 0.2) is 5.06 Å². The van der Waals surface area contributed by atoms with E-state index in [1.54, 1.807) is 24.5 Å². The Morgan fingerprint density at radius 3 is 2.69 bits per heavy atom. The summed E-state index contributed by atoms with van der Waals surface area (Å²) in [6.45, 7) is 3.95. The van der Waals surface area contributed by atoms with Crippen molar-refractivity contribution in [2.75, 3.05) is 0 Å². The zero-order chi connectivity index (χ0) is 18.7. The minimum atomic E-state index is -0.468. The molecule has 0 spiro atoms. The van der Waals surface area contributed by atoms with Crippen LogP contribution in [0.25, 0.3) is 10.4 Å². The Morgan fingerprint density at radius 2 is 2.15 bits per heavy atom. The highest BCUT2D eigenvalue weighted by atomic mass is 32.1. The fraction of sp³-hybridized carbons (Fsp3) is 0.222. The van der Waals surface area contributed by atoms with Gasteiger partial charge < -0.3 is 15.3 Å². The normalized spacial score (nSPS) is 10.7. The molecule has 0 unspecified atom stereocenters. The Kier molecular flexibility index (Phi) is 5.43. The van der Waals surface area contributed by atoms with Crippen LogP contribution < -0.4 is 10.5 Å². The van der Waals surface area contributed by atoms with E-state index in [1.165, 1.54) is 22.9 Å². The Morgan fingerprint density at radius 1 is 1.35 bits per heavy atom. The van der Waals surface area contributed by atoms with Crippen LogP contribution in [0.5, 0.6) is 10.8 Å². The monoisotopic (exact) mass is 387 g/mol. The molecule has 0 atom stereocenters. The van der Waals surface area contributed by atoms with Gasteiger partial charge in [0.2, 0.25) is 0 Å². The third-order valence-corrected chi connectivity index (χ3v) is 5.87. The predicted molar refractivity (Wildman–Crippen MR) is 102 cm³/mol. The van der Waals surface area contributed by atoms with Gasteiger partial charge in [-0.3, -0.25) is 9.78 Å². The van der Waals surface area contributed by atoms with E-state index in [0.29, 0.717) is 27.8 Å². The Labute approximate surface area is 158 Å². The van der Waals surface area contributed by atoms with Crippen molar-refractivity contribution in [3.8, 4) is 21.3 Å². The molecule has 0 aliphatic heterocycles. The number of primary amides is 1. The number of pyridine rings is 1. The summed E-state index contributed by atoms with van der Waals surface area (Å²) in [5.41, 5.74) is 8.99. The molecule has 0 aliphatic carbocycles.